The molecule has 0 bridgehead atoms. The number of carbonyl (C=O) groups is 1. The van der Waals surface area contributed by atoms with Crippen LogP contribution in [-0.2, 0) is 0 Å². The summed E-state index contributed by atoms with van der Waals surface area (Å²) in [6, 6.07) is 10.5. The van der Waals surface area contributed by atoms with Gasteiger partial charge < -0.3 is 10.2 Å². The maximum Gasteiger partial charge on any atom is 0.253 e. The molecule has 1 amide bonds. The van der Waals surface area contributed by atoms with Crippen molar-refractivity contribution in [3.8, 4) is 11.1 Å². The van der Waals surface area contributed by atoms with E-state index < -0.39 is 11.6 Å². The number of halogens is 2. The largest absolute Gasteiger partial charge is 0.336 e. The van der Waals surface area contributed by atoms with Crippen LogP contribution in [-0.4, -0.2) is 36.5 Å². The molecule has 0 spiro atoms. The van der Waals surface area contributed by atoms with Crippen LogP contribution in [0.4, 0.5) is 8.78 Å². The van der Waals surface area contributed by atoms with Gasteiger partial charge in [-0.25, -0.2) is 8.78 Å². The zero-order valence-electron chi connectivity index (χ0n) is 12.9. The Hall–Kier alpha value is -2.27. The Bertz CT molecular complexity index is 712. The van der Waals surface area contributed by atoms with Crippen LogP contribution in [0.1, 0.15) is 17.3 Å². The number of carbonyl (C=O) groups excluding carboxylic acids is 1. The average Bonchev–Trinajstić information content (AvgIpc) is 2.54. The van der Waals surface area contributed by atoms with Gasteiger partial charge >= 0.3 is 0 Å². The molecule has 1 heterocycles. The summed E-state index contributed by atoms with van der Waals surface area (Å²) >= 11 is 0. The van der Waals surface area contributed by atoms with Crippen molar-refractivity contribution in [2.45, 2.75) is 13.0 Å². The molecule has 1 aliphatic heterocycles. The molecule has 1 atom stereocenters. The number of hydrogen-bond acceptors (Lipinski definition) is 2. The van der Waals surface area contributed by atoms with E-state index in [1.54, 1.807) is 29.2 Å². The zero-order valence-corrected chi connectivity index (χ0v) is 12.9. The van der Waals surface area contributed by atoms with E-state index in [0.717, 1.165) is 6.54 Å². The van der Waals surface area contributed by atoms with Gasteiger partial charge in [0.25, 0.3) is 5.91 Å². The molecule has 1 aliphatic rings. The quantitative estimate of drug-likeness (QED) is 0.923. The fraction of sp³-hybridized carbons (Fsp3) is 0.278. The van der Waals surface area contributed by atoms with Gasteiger partial charge in [0.05, 0.1) is 5.56 Å². The highest BCUT2D eigenvalue weighted by Gasteiger charge is 2.22. The molecule has 1 N–H and O–H groups in total. The van der Waals surface area contributed by atoms with Crippen molar-refractivity contribution < 1.29 is 13.6 Å². The van der Waals surface area contributed by atoms with Crippen molar-refractivity contribution in [3.05, 3.63) is 59.7 Å². The van der Waals surface area contributed by atoms with Crippen molar-refractivity contribution in [3.63, 3.8) is 0 Å². The van der Waals surface area contributed by atoms with Gasteiger partial charge in [-0.1, -0.05) is 18.2 Å². The van der Waals surface area contributed by atoms with Gasteiger partial charge in [-0.05, 0) is 36.8 Å². The van der Waals surface area contributed by atoms with E-state index in [0.29, 0.717) is 24.2 Å². The first-order valence-electron chi connectivity index (χ1n) is 7.63. The minimum absolute atomic E-state index is 0.101. The highest BCUT2D eigenvalue weighted by molar-refractivity contribution is 5.95. The third-order valence-electron chi connectivity index (χ3n) is 4.02. The van der Waals surface area contributed by atoms with Gasteiger partial charge in [0.15, 0.2) is 0 Å². The van der Waals surface area contributed by atoms with Crippen molar-refractivity contribution in [1.29, 1.82) is 0 Å². The van der Waals surface area contributed by atoms with Crippen molar-refractivity contribution in [2.75, 3.05) is 19.6 Å². The number of rotatable bonds is 2. The summed E-state index contributed by atoms with van der Waals surface area (Å²) in [5.74, 6) is -1.38. The number of hydrogen-bond donors (Lipinski definition) is 1. The minimum atomic E-state index is -0.634. The zero-order chi connectivity index (χ0) is 16.4. The fourth-order valence-corrected chi connectivity index (χ4v) is 2.88. The second kappa shape index (κ2) is 6.46. The Labute approximate surface area is 133 Å². The van der Waals surface area contributed by atoms with E-state index in [1.807, 2.05) is 6.92 Å². The van der Waals surface area contributed by atoms with Gasteiger partial charge in [-0.3, -0.25) is 4.79 Å². The lowest BCUT2D eigenvalue weighted by atomic mass is 10.0. The molecule has 23 heavy (non-hydrogen) atoms. The van der Waals surface area contributed by atoms with E-state index in [-0.39, 0.29) is 17.5 Å². The monoisotopic (exact) mass is 316 g/mol. The van der Waals surface area contributed by atoms with Crippen molar-refractivity contribution in [2.24, 2.45) is 0 Å². The number of benzene rings is 2. The summed E-state index contributed by atoms with van der Waals surface area (Å²) in [7, 11) is 0. The SMILES string of the molecule is C[C@@H]1CN(C(=O)c2cccc(-c3c(F)cccc3F)c2)CCN1. The first kappa shape index (κ1) is 15.6. The molecule has 3 nitrogen and oxygen atoms in total. The lowest BCUT2D eigenvalue weighted by Gasteiger charge is -2.32. The summed E-state index contributed by atoms with van der Waals surface area (Å²) in [5, 5.41) is 3.28. The molecule has 2 aromatic rings. The second-order valence-corrected chi connectivity index (χ2v) is 5.78. The summed E-state index contributed by atoms with van der Waals surface area (Å²) in [6.45, 7) is 4.01. The summed E-state index contributed by atoms with van der Waals surface area (Å²) < 4.78 is 27.9. The fourth-order valence-electron chi connectivity index (χ4n) is 2.88. The van der Waals surface area contributed by atoms with Crippen molar-refractivity contribution >= 4 is 5.91 Å². The Morgan fingerprint density at radius 1 is 1.17 bits per heavy atom. The number of amides is 1. The molecule has 0 aliphatic carbocycles. The lowest BCUT2D eigenvalue weighted by Crippen LogP contribution is -2.51. The van der Waals surface area contributed by atoms with Gasteiger partial charge in [0.1, 0.15) is 11.6 Å². The highest BCUT2D eigenvalue weighted by Crippen LogP contribution is 2.27. The van der Waals surface area contributed by atoms with Crippen LogP contribution in [0.3, 0.4) is 0 Å². The maximum atomic E-state index is 13.9. The standard InChI is InChI=1S/C18H18F2N2O/c1-12-11-22(9-8-21-12)18(23)14-5-2-4-13(10-14)17-15(19)6-3-7-16(17)20/h2-7,10,12,21H,8-9,11H2,1H3/t12-/m1/s1. The molecule has 3 rings (SSSR count). The summed E-state index contributed by atoms with van der Waals surface area (Å²) in [5.41, 5.74) is 0.713. The van der Waals surface area contributed by atoms with Crippen LogP contribution in [0.15, 0.2) is 42.5 Å². The third-order valence-corrected chi connectivity index (χ3v) is 4.02. The lowest BCUT2D eigenvalue weighted by molar-refractivity contribution is 0.0709. The molecule has 0 saturated carbocycles. The first-order valence-corrected chi connectivity index (χ1v) is 7.63. The number of piperazine rings is 1. The molecule has 0 aromatic heterocycles. The van der Waals surface area contributed by atoms with Crippen molar-refractivity contribution in [1.82, 2.24) is 10.2 Å². The molecule has 120 valence electrons. The van der Waals surface area contributed by atoms with Crippen LogP contribution in [0, 0.1) is 11.6 Å². The molecule has 5 heteroatoms. The summed E-state index contributed by atoms with van der Waals surface area (Å²) in [6.07, 6.45) is 0. The second-order valence-electron chi connectivity index (χ2n) is 5.78. The van der Waals surface area contributed by atoms with Crippen LogP contribution >= 0.6 is 0 Å². The average molecular weight is 316 g/mol. The van der Waals surface area contributed by atoms with Crippen LogP contribution < -0.4 is 5.32 Å². The van der Waals surface area contributed by atoms with Gasteiger partial charge in [0, 0.05) is 31.2 Å². The Balaban J connectivity index is 1.92. The van der Waals surface area contributed by atoms with E-state index >= 15 is 0 Å². The molecular weight excluding hydrogens is 298 g/mol. The summed E-state index contributed by atoms with van der Waals surface area (Å²) in [4.78, 5) is 14.4. The van der Waals surface area contributed by atoms with E-state index in [1.165, 1.54) is 18.2 Å². The Morgan fingerprint density at radius 2 is 1.87 bits per heavy atom. The normalized spacial score (nSPS) is 18.0. The molecular formula is C18H18F2N2O. The Kier molecular flexibility index (Phi) is 4.39. The predicted octanol–water partition coefficient (Wildman–Crippen LogP) is 3.07. The van der Waals surface area contributed by atoms with E-state index in [9.17, 15) is 13.6 Å². The predicted molar refractivity (Wildman–Crippen MR) is 85.2 cm³/mol. The molecule has 2 aromatic carbocycles. The molecule has 0 radical (unpaired) electrons. The number of nitrogens with one attached hydrogen (secondary N) is 1. The van der Waals surface area contributed by atoms with Gasteiger partial charge in [0.2, 0.25) is 0 Å². The van der Waals surface area contributed by atoms with Gasteiger partial charge in [-0.2, -0.15) is 0 Å². The van der Waals surface area contributed by atoms with Gasteiger partial charge in [-0.15, -0.1) is 0 Å². The molecule has 1 fully saturated rings. The number of nitrogens with zero attached hydrogens (tertiary/aromatic N) is 1. The molecule has 0 unspecified atom stereocenters. The van der Waals surface area contributed by atoms with Crippen LogP contribution in [0.25, 0.3) is 11.1 Å². The molecule has 1 saturated heterocycles. The van der Waals surface area contributed by atoms with E-state index in [4.69, 9.17) is 0 Å². The smallest absolute Gasteiger partial charge is 0.253 e. The van der Waals surface area contributed by atoms with Crippen LogP contribution in [0.2, 0.25) is 0 Å². The highest BCUT2D eigenvalue weighted by atomic mass is 19.1. The maximum absolute atomic E-state index is 13.9. The van der Waals surface area contributed by atoms with E-state index in [2.05, 4.69) is 5.32 Å². The first-order chi connectivity index (χ1) is 11.1. The third kappa shape index (κ3) is 3.24. The topological polar surface area (TPSA) is 32.3 Å². The Morgan fingerprint density at radius 3 is 2.57 bits per heavy atom. The van der Waals surface area contributed by atoms with Crippen LogP contribution in [0.5, 0.6) is 0 Å². The minimum Gasteiger partial charge on any atom is -0.336 e.